The smallest absolute Gasteiger partial charge is 0.322 e. The van der Waals surface area contributed by atoms with E-state index in [2.05, 4.69) is 27.6 Å². The van der Waals surface area contributed by atoms with Crippen molar-refractivity contribution in [1.29, 1.82) is 0 Å². The van der Waals surface area contributed by atoms with Gasteiger partial charge < -0.3 is 15.0 Å². The molecule has 1 aromatic carbocycles. The minimum absolute atomic E-state index is 0.335. The summed E-state index contributed by atoms with van der Waals surface area (Å²) < 4.78 is 6.75. The fourth-order valence-corrected chi connectivity index (χ4v) is 2.41. The molecule has 0 bridgehead atoms. The number of esters is 1. The van der Waals surface area contributed by atoms with Gasteiger partial charge in [-0.1, -0.05) is 18.2 Å². The molecular formula is C15H20N2O2. The normalized spacial score (nSPS) is 12.6. The van der Waals surface area contributed by atoms with Gasteiger partial charge in [-0.05, 0) is 30.9 Å². The summed E-state index contributed by atoms with van der Waals surface area (Å²) in [5.74, 6) is -0.335. The molecule has 1 unspecified atom stereocenters. The van der Waals surface area contributed by atoms with Crippen molar-refractivity contribution in [2.75, 3.05) is 7.11 Å². The monoisotopic (exact) mass is 260 g/mol. The number of aryl methyl sites for hydroxylation is 2. The number of carbonyl (C=O) groups is 1. The number of rotatable bonds is 5. The summed E-state index contributed by atoms with van der Waals surface area (Å²) in [6.07, 6.45) is 4.60. The lowest BCUT2D eigenvalue weighted by Gasteiger charge is -2.08. The van der Waals surface area contributed by atoms with E-state index in [0.29, 0.717) is 6.42 Å². The van der Waals surface area contributed by atoms with Crippen LogP contribution in [0.15, 0.2) is 30.5 Å². The maximum absolute atomic E-state index is 11.2. The number of hydrogen-bond acceptors (Lipinski definition) is 3. The zero-order valence-corrected chi connectivity index (χ0v) is 11.4. The first-order chi connectivity index (χ1) is 9.13. The fourth-order valence-electron chi connectivity index (χ4n) is 2.41. The summed E-state index contributed by atoms with van der Waals surface area (Å²) in [5.41, 5.74) is 8.26. The molecule has 0 fully saturated rings. The maximum atomic E-state index is 11.2. The molecule has 4 heteroatoms. The number of para-hydroxylation sites is 1. The molecule has 4 nitrogen and oxygen atoms in total. The van der Waals surface area contributed by atoms with Crippen LogP contribution in [-0.2, 0) is 23.0 Å². The van der Waals surface area contributed by atoms with Gasteiger partial charge in [0.1, 0.15) is 6.04 Å². The van der Waals surface area contributed by atoms with Gasteiger partial charge in [-0.2, -0.15) is 0 Å². The van der Waals surface area contributed by atoms with Gasteiger partial charge >= 0.3 is 5.97 Å². The van der Waals surface area contributed by atoms with E-state index in [1.54, 1.807) is 0 Å². The van der Waals surface area contributed by atoms with E-state index in [0.717, 1.165) is 12.8 Å². The highest BCUT2D eigenvalue weighted by Crippen LogP contribution is 2.21. The molecule has 2 aromatic rings. The third kappa shape index (κ3) is 2.96. The quantitative estimate of drug-likeness (QED) is 0.837. The molecular weight excluding hydrogens is 240 g/mol. The molecule has 0 saturated carbocycles. The van der Waals surface area contributed by atoms with Crippen molar-refractivity contribution in [2.24, 2.45) is 12.8 Å². The molecule has 1 atom stereocenters. The molecule has 19 heavy (non-hydrogen) atoms. The Bertz CT molecular complexity index is 575. The number of carbonyl (C=O) groups excluding carboxylic acids is 1. The van der Waals surface area contributed by atoms with Crippen LogP contribution >= 0.6 is 0 Å². The Morgan fingerprint density at radius 3 is 2.89 bits per heavy atom. The molecule has 102 valence electrons. The second-order valence-electron chi connectivity index (χ2n) is 4.80. The lowest BCUT2D eigenvalue weighted by atomic mass is 10.0. The number of hydrogen-bond donors (Lipinski definition) is 1. The summed E-state index contributed by atoms with van der Waals surface area (Å²) >= 11 is 0. The van der Waals surface area contributed by atoms with Crippen molar-refractivity contribution < 1.29 is 9.53 Å². The van der Waals surface area contributed by atoms with Crippen molar-refractivity contribution >= 4 is 16.9 Å². The van der Waals surface area contributed by atoms with E-state index >= 15 is 0 Å². The molecule has 0 aliphatic rings. The fraction of sp³-hybridized carbons (Fsp3) is 0.400. The van der Waals surface area contributed by atoms with Gasteiger partial charge in [0.2, 0.25) is 0 Å². The number of ether oxygens (including phenoxy) is 1. The van der Waals surface area contributed by atoms with Crippen LogP contribution < -0.4 is 5.73 Å². The highest BCUT2D eigenvalue weighted by molar-refractivity contribution is 5.83. The molecule has 1 heterocycles. The predicted octanol–water partition coefficient (Wildman–Crippen LogP) is 2.00. The maximum Gasteiger partial charge on any atom is 0.322 e. The second kappa shape index (κ2) is 5.89. The minimum atomic E-state index is -0.514. The number of nitrogens with zero attached hydrogens (tertiary/aromatic N) is 1. The summed E-state index contributed by atoms with van der Waals surface area (Å²) in [4.78, 5) is 11.2. The van der Waals surface area contributed by atoms with Gasteiger partial charge in [0, 0.05) is 24.1 Å². The summed E-state index contributed by atoms with van der Waals surface area (Å²) in [5, 5.41) is 1.27. The number of benzene rings is 1. The minimum Gasteiger partial charge on any atom is -0.468 e. The zero-order valence-electron chi connectivity index (χ0n) is 11.4. The Hall–Kier alpha value is -1.81. The topological polar surface area (TPSA) is 57.2 Å². The van der Waals surface area contributed by atoms with Crippen LogP contribution in [0.5, 0.6) is 0 Å². The van der Waals surface area contributed by atoms with Gasteiger partial charge in [0.05, 0.1) is 7.11 Å². The first-order valence-electron chi connectivity index (χ1n) is 6.50. The van der Waals surface area contributed by atoms with Crippen molar-refractivity contribution in [3.05, 3.63) is 36.0 Å². The Balaban J connectivity index is 2.01. The van der Waals surface area contributed by atoms with Crippen molar-refractivity contribution in [3.8, 4) is 0 Å². The lowest BCUT2D eigenvalue weighted by molar-refractivity contribution is -0.142. The van der Waals surface area contributed by atoms with Crippen LogP contribution in [0.2, 0.25) is 0 Å². The van der Waals surface area contributed by atoms with Crippen LogP contribution in [0.1, 0.15) is 18.4 Å². The second-order valence-corrected chi connectivity index (χ2v) is 4.80. The molecule has 0 radical (unpaired) electrons. The van der Waals surface area contributed by atoms with Crippen molar-refractivity contribution in [1.82, 2.24) is 4.57 Å². The summed E-state index contributed by atoms with van der Waals surface area (Å²) in [7, 11) is 3.42. The summed E-state index contributed by atoms with van der Waals surface area (Å²) in [6, 6.07) is 7.81. The molecule has 2 rings (SSSR count). The van der Waals surface area contributed by atoms with Crippen molar-refractivity contribution in [2.45, 2.75) is 25.3 Å². The largest absolute Gasteiger partial charge is 0.468 e. The lowest BCUT2D eigenvalue weighted by Crippen LogP contribution is -2.31. The highest BCUT2D eigenvalue weighted by Gasteiger charge is 2.13. The van der Waals surface area contributed by atoms with Gasteiger partial charge in [-0.15, -0.1) is 0 Å². The van der Waals surface area contributed by atoms with E-state index in [9.17, 15) is 4.79 Å². The Morgan fingerprint density at radius 2 is 2.16 bits per heavy atom. The first-order valence-corrected chi connectivity index (χ1v) is 6.50. The SMILES string of the molecule is COC(=O)C(N)CCCc1cn(C)c2ccccc12. The highest BCUT2D eigenvalue weighted by atomic mass is 16.5. The van der Waals surface area contributed by atoms with Gasteiger partial charge in [-0.3, -0.25) is 4.79 Å². The molecule has 0 saturated heterocycles. The Kier molecular flexibility index (Phi) is 4.22. The van der Waals surface area contributed by atoms with Gasteiger partial charge in [-0.25, -0.2) is 0 Å². The number of nitrogens with two attached hydrogens (primary N) is 1. The Morgan fingerprint density at radius 1 is 1.42 bits per heavy atom. The molecule has 0 spiro atoms. The number of methoxy groups -OCH3 is 1. The van der Waals surface area contributed by atoms with Crippen LogP contribution in [0.3, 0.4) is 0 Å². The molecule has 0 aliphatic heterocycles. The standard InChI is InChI=1S/C15H20N2O2/c1-17-10-11(12-7-3-4-9-14(12)17)6-5-8-13(16)15(18)19-2/h3-4,7,9-10,13H,5-6,8,16H2,1-2H3. The molecule has 0 aliphatic carbocycles. The number of fused-ring (bicyclic) bond motifs is 1. The average Bonchev–Trinajstić information content (AvgIpc) is 2.75. The van der Waals surface area contributed by atoms with Crippen LogP contribution in [0.4, 0.5) is 0 Å². The summed E-state index contributed by atoms with van der Waals surface area (Å²) in [6.45, 7) is 0. The van der Waals surface area contributed by atoms with Crippen LogP contribution in [0.25, 0.3) is 10.9 Å². The van der Waals surface area contributed by atoms with E-state index < -0.39 is 6.04 Å². The van der Waals surface area contributed by atoms with Gasteiger partial charge in [0.15, 0.2) is 0 Å². The predicted molar refractivity (Wildman–Crippen MR) is 75.8 cm³/mol. The van der Waals surface area contributed by atoms with E-state index in [-0.39, 0.29) is 5.97 Å². The third-order valence-electron chi connectivity index (χ3n) is 3.44. The molecule has 0 amide bonds. The van der Waals surface area contributed by atoms with E-state index in [4.69, 9.17) is 5.73 Å². The van der Waals surface area contributed by atoms with E-state index in [1.807, 2.05) is 19.2 Å². The van der Waals surface area contributed by atoms with Gasteiger partial charge in [0.25, 0.3) is 0 Å². The van der Waals surface area contributed by atoms with Crippen LogP contribution in [-0.4, -0.2) is 23.7 Å². The zero-order chi connectivity index (χ0) is 13.8. The molecule has 2 N–H and O–H groups in total. The van der Waals surface area contributed by atoms with Crippen LogP contribution in [0, 0.1) is 0 Å². The average molecular weight is 260 g/mol. The number of aromatic nitrogens is 1. The third-order valence-corrected chi connectivity index (χ3v) is 3.44. The molecule has 1 aromatic heterocycles. The Labute approximate surface area is 113 Å². The van der Waals surface area contributed by atoms with E-state index in [1.165, 1.54) is 23.6 Å². The first kappa shape index (κ1) is 13.6. The van der Waals surface area contributed by atoms with Crippen molar-refractivity contribution in [3.63, 3.8) is 0 Å².